The van der Waals surface area contributed by atoms with Crippen LogP contribution in [0, 0.1) is 0 Å². The molecule has 0 radical (unpaired) electrons. The van der Waals surface area contributed by atoms with E-state index in [0.29, 0.717) is 6.61 Å². The Kier molecular flexibility index (Phi) is 14.1. The van der Waals surface area contributed by atoms with E-state index < -0.39 is 24.4 Å². The van der Waals surface area contributed by atoms with Gasteiger partial charge in [0.2, 0.25) is 0 Å². The Hall–Kier alpha value is -0.460. The SMILES string of the molecule is CCCCCCCCC/C=C/CCCCOC[C@H]1OC[C@H](O)[C@@H](O)[C@@H]1O. The van der Waals surface area contributed by atoms with Crippen molar-refractivity contribution in [3.05, 3.63) is 12.2 Å². The van der Waals surface area contributed by atoms with Crippen LogP contribution < -0.4 is 0 Å². The maximum Gasteiger partial charge on any atom is 0.111 e. The van der Waals surface area contributed by atoms with E-state index in [-0.39, 0.29) is 13.2 Å². The van der Waals surface area contributed by atoms with Gasteiger partial charge in [-0.3, -0.25) is 0 Å². The first-order chi connectivity index (χ1) is 12.7. The summed E-state index contributed by atoms with van der Waals surface area (Å²) in [6, 6.07) is 0. The van der Waals surface area contributed by atoms with Crippen LogP contribution in [0.1, 0.15) is 77.6 Å². The number of unbranched alkanes of at least 4 members (excludes halogenated alkanes) is 9. The van der Waals surface area contributed by atoms with Crippen molar-refractivity contribution in [2.24, 2.45) is 0 Å². The van der Waals surface area contributed by atoms with Gasteiger partial charge in [0.1, 0.15) is 24.4 Å². The molecule has 1 fully saturated rings. The zero-order chi connectivity index (χ0) is 19.0. The molecule has 4 atom stereocenters. The first-order valence-electron chi connectivity index (χ1n) is 10.5. The molecular formula is C21H40O5. The first-order valence-corrected chi connectivity index (χ1v) is 10.5. The summed E-state index contributed by atoms with van der Waals surface area (Å²) in [5.74, 6) is 0. The molecule has 5 nitrogen and oxygen atoms in total. The molecule has 1 saturated heterocycles. The highest BCUT2D eigenvalue weighted by Gasteiger charge is 2.37. The summed E-state index contributed by atoms with van der Waals surface area (Å²) in [6.07, 6.45) is 14.6. The molecule has 3 N–H and O–H groups in total. The van der Waals surface area contributed by atoms with Crippen molar-refractivity contribution in [2.75, 3.05) is 19.8 Å². The topological polar surface area (TPSA) is 79.2 Å². The third kappa shape index (κ3) is 10.6. The van der Waals surface area contributed by atoms with E-state index in [0.717, 1.165) is 19.3 Å². The molecular weight excluding hydrogens is 332 g/mol. The van der Waals surface area contributed by atoms with E-state index in [1.807, 2.05) is 0 Å². The lowest BCUT2D eigenvalue weighted by Crippen LogP contribution is -2.54. The van der Waals surface area contributed by atoms with E-state index in [2.05, 4.69) is 19.1 Å². The average Bonchev–Trinajstić information content (AvgIpc) is 2.64. The fraction of sp³-hybridized carbons (Fsp3) is 0.905. The van der Waals surface area contributed by atoms with Crippen LogP contribution in [-0.2, 0) is 9.47 Å². The van der Waals surface area contributed by atoms with Crippen molar-refractivity contribution >= 4 is 0 Å². The van der Waals surface area contributed by atoms with Crippen LogP contribution >= 0.6 is 0 Å². The van der Waals surface area contributed by atoms with Crippen LogP contribution in [0.4, 0.5) is 0 Å². The highest BCUT2D eigenvalue weighted by atomic mass is 16.6. The molecule has 154 valence electrons. The number of allylic oxidation sites excluding steroid dienone is 2. The zero-order valence-corrected chi connectivity index (χ0v) is 16.5. The monoisotopic (exact) mass is 372 g/mol. The van der Waals surface area contributed by atoms with Crippen molar-refractivity contribution in [1.29, 1.82) is 0 Å². The predicted molar refractivity (Wildman–Crippen MR) is 104 cm³/mol. The molecule has 0 aromatic rings. The lowest BCUT2D eigenvalue weighted by molar-refractivity contribution is -0.199. The minimum atomic E-state index is -1.15. The molecule has 5 heteroatoms. The molecule has 26 heavy (non-hydrogen) atoms. The second-order valence-corrected chi connectivity index (χ2v) is 7.37. The Morgan fingerprint density at radius 3 is 2.15 bits per heavy atom. The van der Waals surface area contributed by atoms with Crippen molar-refractivity contribution in [3.63, 3.8) is 0 Å². The Morgan fingerprint density at radius 2 is 1.46 bits per heavy atom. The lowest BCUT2D eigenvalue weighted by Gasteiger charge is -2.35. The summed E-state index contributed by atoms with van der Waals surface area (Å²) in [5, 5.41) is 28.8. The standard InChI is InChI=1S/C21H40O5/c1-2-3-4-5-6-7-8-9-10-11-12-13-14-15-25-17-19-21(24)20(23)18(22)16-26-19/h10-11,18-24H,2-9,12-17H2,1H3/b11-10+/t18-,19+,20+,21+/m0/s1. The van der Waals surface area contributed by atoms with Gasteiger partial charge in [0.05, 0.1) is 13.2 Å². The Morgan fingerprint density at radius 1 is 0.846 bits per heavy atom. The summed E-state index contributed by atoms with van der Waals surface area (Å²) >= 11 is 0. The van der Waals surface area contributed by atoms with Gasteiger partial charge in [-0.1, -0.05) is 57.6 Å². The summed E-state index contributed by atoms with van der Waals surface area (Å²) in [4.78, 5) is 0. The molecule has 0 bridgehead atoms. The van der Waals surface area contributed by atoms with Crippen LogP contribution in [0.3, 0.4) is 0 Å². The average molecular weight is 373 g/mol. The zero-order valence-electron chi connectivity index (χ0n) is 16.5. The largest absolute Gasteiger partial charge is 0.388 e. The van der Waals surface area contributed by atoms with Gasteiger partial charge < -0.3 is 24.8 Å². The third-order valence-electron chi connectivity index (χ3n) is 4.94. The van der Waals surface area contributed by atoms with Gasteiger partial charge in [-0.15, -0.1) is 0 Å². The van der Waals surface area contributed by atoms with E-state index >= 15 is 0 Å². The number of hydrogen-bond donors (Lipinski definition) is 3. The summed E-state index contributed by atoms with van der Waals surface area (Å²) in [7, 11) is 0. The molecule has 0 aromatic carbocycles. The van der Waals surface area contributed by atoms with Crippen LogP contribution in [-0.4, -0.2) is 59.6 Å². The predicted octanol–water partition coefficient (Wildman–Crippen LogP) is 3.35. The Labute approximate surface area is 159 Å². The molecule has 1 aliphatic heterocycles. The van der Waals surface area contributed by atoms with Gasteiger partial charge in [-0.05, 0) is 32.1 Å². The normalized spacial score (nSPS) is 26.6. The maximum absolute atomic E-state index is 9.80. The van der Waals surface area contributed by atoms with E-state index in [4.69, 9.17) is 9.47 Å². The molecule has 1 aliphatic rings. The van der Waals surface area contributed by atoms with Crippen molar-refractivity contribution in [2.45, 2.75) is 102 Å². The van der Waals surface area contributed by atoms with Gasteiger partial charge in [-0.2, -0.15) is 0 Å². The summed E-state index contributed by atoms with van der Waals surface area (Å²) < 4.78 is 10.8. The third-order valence-corrected chi connectivity index (χ3v) is 4.94. The first kappa shape index (κ1) is 23.6. The Bertz CT molecular complexity index is 347. The number of aliphatic hydroxyl groups is 3. The van der Waals surface area contributed by atoms with Crippen molar-refractivity contribution in [3.8, 4) is 0 Å². The maximum atomic E-state index is 9.80. The molecule has 1 heterocycles. The number of hydrogen-bond acceptors (Lipinski definition) is 5. The Balaban J connectivity index is 1.86. The summed E-state index contributed by atoms with van der Waals surface area (Å²) in [6.45, 7) is 3.16. The minimum Gasteiger partial charge on any atom is -0.388 e. The van der Waals surface area contributed by atoms with Crippen LogP contribution in [0.15, 0.2) is 12.2 Å². The second-order valence-electron chi connectivity index (χ2n) is 7.37. The van der Waals surface area contributed by atoms with E-state index in [1.54, 1.807) is 0 Å². The molecule has 1 rings (SSSR count). The second kappa shape index (κ2) is 15.6. The molecule has 0 aliphatic carbocycles. The van der Waals surface area contributed by atoms with Crippen LogP contribution in [0.5, 0.6) is 0 Å². The smallest absolute Gasteiger partial charge is 0.111 e. The molecule has 0 aromatic heterocycles. The lowest BCUT2D eigenvalue weighted by atomic mass is 10.0. The quantitative estimate of drug-likeness (QED) is 0.303. The minimum absolute atomic E-state index is 0.0375. The van der Waals surface area contributed by atoms with Gasteiger partial charge in [0, 0.05) is 6.61 Å². The van der Waals surface area contributed by atoms with Gasteiger partial charge in [0.15, 0.2) is 0 Å². The van der Waals surface area contributed by atoms with E-state index in [9.17, 15) is 15.3 Å². The number of ether oxygens (including phenoxy) is 2. The fourth-order valence-electron chi connectivity index (χ4n) is 3.13. The highest BCUT2D eigenvalue weighted by molar-refractivity contribution is 4.86. The number of rotatable bonds is 15. The van der Waals surface area contributed by atoms with Gasteiger partial charge in [-0.25, -0.2) is 0 Å². The van der Waals surface area contributed by atoms with Gasteiger partial charge in [0.25, 0.3) is 0 Å². The van der Waals surface area contributed by atoms with Crippen molar-refractivity contribution in [1.82, 2.24) is 0 Å². The molecule has 0 saturated carbocycles. The summed E-state index contributed by atoms with van der Waals surface area (Å²) in [5.41, 5.74) is 0. The molecule has 0 spiro atoms. The molecule has 0 unspecified atom stereocenters. The van der Waals surface area contributed by atoms with E-state index in [1.165, 1.54) is 51.4 Å². The number of aliphatic hydroxyl groups excluding tert-OH is 3. The van der Waals surface area contributed by atoms with Crippen molar-refractivity contribution < 1.29 is 24.8 Å². The molecule has 0 amide bonds. The van der Waals surface area contributed by atoms with Crippen LogP contribution in [0.2, 0.25) is 0 Å². The highest BCUT2D eigenvalue weighted by Crippen LogP contribution is 2.16. The van der Waals surface area contributed by atoms with Gasteiger partial charge >= 0.3 is 0 Å². The van der Waals surface area contributed by atoms with Crippen LogP contribution in [0.25, 0.3) is 0 Å². The fourth-order valence-corrected chi connectivity index (χ4v) is 3.13.